The molecular weight excluding hydrogens is 287 g/mol. The second kappa shape index (κ2) is 5.55. The van der Waals surface area contributed by atoms with Gasteiger partial charge in [-0.2, -0.15) is 0 Å². The number of hydrogen-bond acceptors (Lipinski definition) is 2. The van der Waals surface area contributed by atoms with Crippen molar-refractivity contribution in [3.05, 3.63) is 71.4 Å². The smallest absolute Gasteiger partial charge is 0.201 e. The first kappa shape index (κ1) is 13.8. The molecule has 0 spiro atoms. The van der Waals surface area contributed by atoms with Gasteiger partial charge in [0.2, 0.25) is 9.84 Å². The minimum atomic E-state index is -3.69. The Bertz CT molecular complexity index is 692. The molecule has 0 saturated carbocycles. The molecule has 2 rings (SSSR count). The zero-order valence-electron chi connectivity index (χ0n) is 9.75. The summed E-state index contributed by atoms with van der Waals surface area (Å²) < 4.78 is 36.9. The van der Waals surface area contributed by atoms with Gasteiger partial charge in [0.05, 0.1) is 15.3 Å². The van der Waals surface area contributed by atoms with Crippen molar-refractivity contribution >= 4 is 26.5 Å². The van der Waals surface area contributed by atoms with E-state index in [1.54, 1.807) is 24.3 Å². The largest absolute Gasteiger partial charge is 0.219 e. The molecule has 0 aliphatic heterocycles. The lowest BCUT2D eigenvalue weighted by Gasteiger charge is -2.01. The van der Waals surface area contributed by atoms with E-state index in [0.29, 0.717) is 5.56 Å². The first-order valence-corrected chi connectivity index (χ1v) is 7.35. The number of hydrogen-bond donors (Lipinski definition) is 0. The van der Waals surface area contributed by atoms with Crippen LogP contribution in [0.5, 0.6) is 0 Å². The van der Waals surface area contributed by atoms with E-state index in [9.17, 15) is 12.8 Å². The molecule has 0 aliphatic rings. The highest BCUT2D eigenvalue weighted by molar-refractivity contribution is 7.94. The van der Waals surface area contributed by atoms with Crippen LogP contribution < -0.4 is 0 Å². The van der Waals surface area contributed by atoms with Crippen molar-refractivity contribution in [1.29, 1.82) is 0 Å². The molecular formula is C14H10ClFO2S. The lowest BCUT2D eigenvalue weighted by Crippen LogP contribution is -1.97. The third kappa shape index (κ3) is 3.43. The second-order valence-corrected chi connectivity index (χ2v) is 6.04. The fraction of sp³-hybridized carbons (Fsp3) is 0. The molecule has 0 heterocycles. The van der Waals surface area contributed by atoms with E-state index in [4.69, 9.17) is 11.6 Å². The van der Waals surface area contributed by atoms with Crippen LogP contribution in [0.4, 0.5) is 4.39 Å². The SMILES string of the molecule is O=S(=O)(/C=C(/Cl)c1ccccc1)c1ccc(F)cc1. The van der Waals surface area contributed by atoms with Crippen LogP contribution in [0.25, 0.3) is 5.03 Å². The van der Waals surface area contributed by atoms with E-state index >= 15 is 0 Å². The van der Waals surface area contributed by atoms with Crippen LogP contribution in [0.3, 0.4) is 0 Å². The molecule has 0 aromatic heterocycles. The maximum atomic E-state index is 12.8. The molecule has 0 atom stereocenters. The Hall–Kier alpha value is -1.65. The Morgan fingerprint density at radius 3 is 2.16 bits per heavy atom. The van der Waals surface area contributed by atoms with Crippen LogP contribution in [0, 0.1) is 5.82 Å². The van der Waals surface area contributed by atoms with Crippen LogP contribution in [0.15, 0.2) is 64.9 Å². The minimum Gasteiger partial charge on any atom is -0.219 e. The molecule has 2 aromatic carbocycles. The number of rotatable bonds is 3. The van der Waals surface area contributed by atoms with Crippen molar-refractivity contribution in [3.8, 4) is 0 Å². The monoisotopic (exact) mass is 296 g/mol. The first-order valence-electron chi connectivity index (χ1n) is 5.42. The van der Waals surface area contributed by atoms with Crippen LogP contribution in [0.1, 0.15) is 5.56 Å². The van der Waals surface area contributed by atoms with Gasteiger partial charge in [0.15, 0.2) is 0 Å². The van der Waals surface area contributed by atoms with Crippen LogP contribution in [-0.4, -0.2) is 8.42 Å². The molecule has 0 bridgehead atoms. The first-order chi connectivity index (χ1) is 8.99. The number of sulfone groups is 1. The summed E-state index contributed by atoms with van der Waals surface area (Å²) in [6.07, 6.45) is 0. The fourth-order valence-corrected chi connectivity index (χ4v) is 3.03. The number of benzene rings is 2. The molecule has 0 unspecified atom stereocenters. The highest BCUT2D eigenvalue weighted by atomic mass is 35.5. The van der Waals surface area contributed by atoms with Crippen LogP contribution in [0.2, 0.25) is 0 Å². The van der Waals surface area contributed by atoms with Crippen molar-refractivity contribution < 1.29 is 12.8 Å². The zero-order valence-corrected chi connectivity index (χ0v) is 11.3. The van der Waals surface area contributed by atoms with Crippen molar-refractivity contribution in [3.63, 3.8) is 0 Å². The Labute approximate surface area is 116 Å². The van der Waals surface area contributed by atoms with Gasteiger partial charge in [-0.15, -0.1) is 0 Å². The lowest BCUT2D eigenvalue weighted by atomic mass is 10.2. The van der Waals surface area contributed by atoms with Crippen molar-refractivity contribution in [2.75, 3.05) is 0 Å². The Morgan fingerprint density at radius 1 is 1.00 bits per heavy atom. The van der Waals surface area contributed by atoms with Gasteiger partial charge in [0.1, 0.15) is 5.82 Å². The molecule has 0 amide bonds. The van der Waals surface area contributed by atoms with E-state index in [0.717, 1.165) is 17.5 Å². The molecule has 0 aliphatic carbocycles. The Balaban J connectivity index is 2.39. The van der Waals surface area contributed by atoms with Gasteiger partial charge in [-0.1, -0.05) is 41.9 Å². The van der Waals surface area contributed by atoms with Gasteiger partial charge in [-0.25, -0.2) is 12.8 Å². The zero-order chi connectivity index (χ0) is 13.9. The summed E-state index contributed by atoms with van der Waals surface area (Å²) in [7, 11) is -3.69. The summed E-state index contributed by atoms with van der Waals surface area (Å²) >= 11 is 5.98. The third-order valence-corrected chi connectivity index (χ3v) is 4.38. The quantitative estimate of drug-likeness (QED) is 0.807. The van der Waals surface area contributed by atoms with Crippen molar-refractivity contribution in [1.82, 2.24) is 0 Å². The average molecular weight is 297 g/mol. The summed E-state index contributed by atoms with van der Waals surface area (Å²) in [6.45, 7) is 0. The maximum absolute atomic E-state index is 12.8. The molecule has 98 valence electrons. The average Bonchev–Trinajstić information content (AvgIpc) is 2.40. The fourth-order valence-electron chi connectivity index (χ4n) is 1.49. The predicted octanol–water partition coefficient (Wildman–Crippen LogP) is 3.84. The van der Waals surface area contributed by atoms with E-state index in [-0.39, 0.29) is 9.93 Å². The molecule has 2 nitrogen and oxygen atoms in total. The van der Waals surface area contributed by atoms with Crippen molar-refractivity contribution in [2.45, 2.75) is 4.90 Å². The van der Waals surface area contributed by atoms with Gasteiger partial charge in [-0.05, 0) is 29.8 Å². The second-order valence-electron chi connectivity index (χ2n) is 3.83. The maximum Gasteiger partial charge on any atom is 0.201 e. The highest BCUT2D eigenvalue weighted by Crippen LogP contribution is 2.23. The molecule has 2 aromatic rings. The summed E-state index contributed by atoms with van der Waals surface area (Å²) in [5.74, 6) is -0.489. The van der Waals surface area contributed by atoms with Crippen LogP contribution in [-0.2, 0) is 9.84 Å². The number of halogens is 2. The van der Waals surface area contributed by atoms with Crippen LogP contribution >= 0.6 is 11.6 Å². The molecule has 0 saturated heterocycles. The van der Waals surface area contributed by atoms with Gasteiger partial charge in [0, 0.05) is 0 Å². The van der Waals surface area contributed by atoms with Gasteiger partial charge < -0.3 is 0 Å². The van der Waals surface area contributed by atoms with E-state index in [2.05, 4.69) is 0 Å². The highest BCUT2D eigenvalue weighted by Gasteiger charge is 2.13. The topological polar surface area (TPSA) is 34.1 Å². The molecule has 0 N–H and O–H groups in total. The Morgan fingerprint density at radius 2 is 1.58 bits per heavy atom. The van der Waals surface area contributed by atoms with E-state index < -0.39 is 15.7 Å². The lowest BCUT2D eigenvalue weighted by molar-refractivity contribution is 0.603. The third-order valence-electron chi connectivity index (χ3n) is 2.45. The molecule has 19 heavy (non-hydrogen) atoms. The summed E-state index contributed by atoms with van der Waals surface area (Å²) in [5.41, 5.74) is 0.606. The minimum absolute atomic E-state index is 0.00276. The molecule has 0 radical (unpaired) electrons. The summed E-state index contributed by atoms with van der Waals surface area (Å²) in [5, 5.41) is 1.09. The van der Waals surface area contributed by atoms with Gasteiger partial charge in [-0.3, -0.25) is 0 Å². The standard InChI is InChI=1S/C14H10ClFO2S/c15-14(11-4-2-1-3-5-11)10-19(17,18)13-8-6-12(16)7-9-13/h1-10H/b14-10+. The molecule has 0 fully saturated rings. The van der Waals surface area contributed by atoms with Gasteiger partial charge in [0.25, 0.3) is 0 Å². The van der Waals surface area contributed by atoms with Crippen molar-refractivity contribution in [2.24, 2.45) is 0 Å². The van der Waals surface area contributed by atoms with E-state index in [1.807, 2.05) is 6.07 Å². The molecule has 5 heteroatoms. The predicted molar refractivity (Wildman–Crippen MR) is 73.9 cm³/mol. The summed E-state index contributed by atoms with van der Waals surface area (Å²) in [4.78, 5) is 0.00276. The van der Waals surface area contributed by atoms with E-state index in [1.165, 1.54) is 12.1 Å². The van der Waals surface area contributed by atoms with Gasteiger partial charge >= 0.3 is 0 Å². The summed E-state index contributed by atoms with van der Waals surface area (Å²) in [6, 6.07) is 13.3. The Kier molecular flexibility index (Phi) is 4.02. The normalized spacial score (nSPS) is 12.4.